The molecule has 1 aliphatic carbocycles. The van der Waals surface area contributed by atoms with Gasteiger partial charge in [-0.3, -0.25) is 14.4 Å². The second kappa shape index (κ2) is 12.4. The molecule has 3 fully saturated rings. The van der Waals surface area contributed by atoms with Gasteiger partial charge in [-0.2, -0.15) is 0 Å². The van der Waals surface area contributed by atoms with E-state index >= 15 is 0 Å². The highest BCUT2D eigenvalue weighted by molar-refractivity contribution is 6.04. The Labute approximate surface area is 237 Å². The smallest absolute Gasteiger partial charge is 0.270 e. The number of amides is 3. The number of rotatable bonds is 10. The summed E-state index contributed by atoms with van der Waals surface area (Å²) in [6, 6.07) is 5.84. The number of carbonyl (C=O) groups is 3. The van der Waals surface area contributed by atoms with Gasteiger partial charge in [-0.25, -0.2) is 0 Å². The summed E-state index contributed by atoms with van der Waals surface area (Å²) in [5.41, 5.74) is 0.482. The Morgan fingerprint density at radius 2 is 1.90 bits per heavy atom. The van der Waals surface area contributed by atoms with E-state index in [0.717, 1.165) is 44.6 Å². The van der Waals surface area contributed by atoms with E-state index in [-0.39, 0.29) is 35.6 Å². The van der Waals surface area contributed by atoms with Crippen LogP contribution >= 0.6 is 0 Å². The fourth-order valence-electron chi connectivity index (χ4n) is 6.01. The molecular weight excluding hydrogens is 512 g/mol. The largest absolute Gasteiger partial charge is 0.476 e. The zero-order chi connectivity index (χ0) is 28.3. The molecule has 0 spiro atoms. The Balaban J connectivity index is 1.30. The first kappa shape index (κ1) is 28.8. The number of ether oxygens (including phenoxy) is 3. The van der Waals surface area contributed by atoms with E-state index < -0.39 is 5.60 Å². The molecule has 0 bridgehead atoms. The summed E-state index contributed by atoms with van der Waals surface area (Å²) in [4.78, 5) is 44.0. The average molecular weight is 557 g/mol. The van der Waals surface area contributed by atoms with Crippen LogP contribution in [0.15, 0.2) is 18.2 Å². The molecule has 2 saturated heterocycles. The summed E-state index contributed by atoms with van der Waals surface area (Å²) < 4.78 is 16.7. The van der Waals surface area contributed by atoms with Crippen molar-refractivity contribution in [3.05, 3.63) is 18.2 Å². The third-order valence-electron chi connectivity index (χ3n) is 8.49. The Morgan fingerprint density at radius 1 is 1.15 bits per heavy atom. The standard InChI is InChI=1S/C30H44N4O6/c1-30(2)29(37)33(11-4-12-38-3)25-16-24(7-8-26(25)40-30)34(23-5-6-23)28(36)22-15-21(18-31-19-22)27(35)32-17-20-9-13-39-14-10-20/h7-8,16,20-23,31H,4-6,9-15,17-19H2,1-3H3,(H,32,35)/t21-,22+/m0/s1. The first-order valence-electron chi connectivity index (χ1n) is 14.8. The summed E-state index contributed by atoms with van der Waals surface area (Å²) in [6.45, 7) is 7.92. The number of fused-ring (bicyclic) bond motifs is 1. The number of methoxy groups -OCH3 is 1. The molecule has 3 aliphatic heterocycles. The number of carbonyl (C=O) groups excluding carboxylic acids is 3. The third-order valence-corrected chi connectivity index (χ3v) is 8.49. The van der Waals surface area contributed by atoms with Crippen LogP contribution in [0.25, 0.3) is 0 Å². The van der Waals surface area contributed by atoms with E-state index in [2.05, 4.69) is 10.6 Å². The maximum absolute atomic E-state index is 14.0. The number of hydrogen-bond donors (Lipinski definition) is 2. The Bertz CT molecular complexity index is 1080. The predicted octanol–water partition coefficient (Wildman–Crippen LogP) is 2.49. The molecule has 3 amide bonds. The van der Waals surface area contributed by atoms with Gasteiger partial charge in [-0.15, -0.1) is 0 Å². The number of anilines is 2. The van der Waals surface area contributed by atoms with Gasteiger partial charge in [0.25, 0.3) is 5.91 Å². The van der Waals surface area contributed by atoms with Crippen molar-refractivity contribution < 1.29 is 28.6 Å². The van der Waals surface area contributed by atoms with Gasteiger partial charge in [0.15, 0.2) is 5.60 Å². The van der Waals surface area contributed by atoms with Crippen LogP contribution in [0.4, 0.5) is 11.4 Å². The molecule has 5 rings (SSSR count). The van der Waals surface area contributed by atoms with Crippen molar-refractivity contribution in [2.75, 3.05) is 62.9 Å². The van der Waals surface area contributed by atoms with Crippen molar-refractivity contribution in [1.82, 2.24) is 10.6 Å². The van der Waals surface area contributed by atoms with Crippen LogP contribution in [0.3, 0.4) is 0 Å². The number of benzene rings is 1. The second-order valence-electron chi connectivity index (χ2n) is 12.1. The third kappa shape index (κ3) is 6.44. The molecule has 3 heterocycles. The van der Waals surface area contributed by atoms with Gasteiger partial charge in [0.1, 0.15) is 5.75 Å². The molecule has 0 aromatic heterocycles. The summed E-state index contributed by atoms with van der Waals surface area (Å²) in [5.74, 6) is 0.504. The van der Waals surface area contributed by atoms with Crippen molar-refractivity contribution >= 4 is 29.1 Å². The minimum atomic E-state index is -0.971. The van der Waals surface area contributed by atoms with E-state index in [1.807, 2.05) is 23.1 Å². The first-order chi connectivity index (χ1) is 19.3. The minimum absolute atomic E-state index is 0.0215. The number of nitrogens with one attached hydrogen (secondary N) is 2. The number of nitrogens with zero attached hydrogens (tertiary/aromatic N) is 2. The van der Waals surface area contributed by atoms with Gasteiger partial charge in [-0.1, -0.05) is 0 Å². The van der Waals surface area contributed by atoms with Crippen LogP contribution in [0, 0.1) is 17.8 Å². The molecule has 10 nitrogen and oxygen atoms in total. The average Bonchev–Trinajstić information content (AvgIpc) is 3.80. The van der Waals surface area contributed by atoms with Gasteiger partial charge in [0, 0.05) is 64.8 Å². The van der Waals surface area contributed by atoms with E-state index in [9.17, 15) is 14.4 Å². The molecule has 10 heteroatoms. The second-order valence-corrected chi connectivity index (χ2v) is 12.1. The van der Waals surface area contributed by atoms with Gasteiger partial charge in [-0.05, 0) is 76.5 Å². The van der Waals surface area contributed by atoms with Crippen molar-refractivity contribution in [1.29, 1.82) is 0 Å². The van der Waals surface area contributed by atoms with Crippen LogP contribution in [-0.4, -0.2) is 82.5 Å². The number of piperidine rings is 1. The molecule has 2 N–H and O–H groups in total. The zero-order valence-corrected chi connectivity index (χ0v) is 24.1. The maximum Gasteiger partial charge on any atom is 0.270 e. The Kier molecular flexibility index (Phi) is 8.97. The first-order valence-corrected chi connectivity index (χ1v) is 14.8. The van der Waals surface area contributed by atoms with Gasteiger partial charge >= 0.3 is 0 Å². The highest BCUT2D eigenvalue weighted by Crippen LogP contribution is 2.43. The van der Waals surface area contributed by atoms with Crippen LogP contribution in [0.5, 0.6) is 5.75 Å². The van der Waals surface area contributed by atoms with Crippen LogP contribution in [0.2, 0.25) is 0 Å². The van der Waals surface area contributed by atoms with Gasteiger partial charge in [0.05, 0.1) is 17.5 Å². The van der Waals surface area contributed by atoms with Crippen molar-refractivity contribution in [3.8, 4) is 5.75 Å². The molecule has 2 atom stereocenters. The van der Waals surface area contributed by atoms with Gasteiger partial charge in [0.2, 0.25) is 11.8 Å². The lowest BCUT2D eigenvalue weighted by molar-refractivity contribution is -0.132. The molecule has 0 radical (unpaired) electrons. The highest BCUT2D eigenvalue weighted by Gasteiger charge is 2.43. The lowest BCUT2D eigenvalue weighted by atomic mass is 9.88. The maximum atomic E-state index is 14.0. The van der Waals surface area contributed by atoms with E-state index in [0.29, 0.717) is 63.0 Å². The Hall–Kier alpha value is -2.69. The summed E-state index contributed by atoms with van der Waals surface area (Å²) in [7, 11) is 1.65. The van der Waals surface area contributed by atoms with Crippen molar-refractivity contribution in [3.63, 3.8) is 0 Å². The monoisotopic (exact) mass is 556 g/mol. The fraction of sp³-hybridized carbons (Fsp3) is 0.700. The van der Waals surface area contributed by atoms with E-state index in [1.54, 1.807) is 25.9 Å². The van der Waals surface area contributed by atoms with Crippen LogP contribution < -0.4 is 25.2 Å². The van der Waals surface area contributed by atoms with Crippen molar-refractivity contribution in [2.45, 2.75) is 64.0 Å². The molecule has 1 aromatic rings. The SMILES string of the molecule is COCCCN1C(=O)C(C)(C)Oc2ccc(N(C(=O)[C@H]3CNC[C@@H](C(=O)NCC4CCOCC4)C3)C3CC3)cc21. The minimum Gasteiger partial charge on any atom is -0.476 e. The van der Waals surface area contributed by atoms with Crippen LogP contribution in [-0.2, 0) is 23.9 Å². The molecule has 1 aromatic carbocycles. The zero-order valence-electron chi connectivity index (χ0n) is 24.1. The topological polar surface area (TPSA) is 109 Å². The molecule has 40 heavy (non-hydrogen) atoms. The van der Waals surface area contributed by atoms with Crippen molar-refractivity contribution in [2.24, 2.45) is 17.8 Å². The van der Waals surface area contributed by atoms with E-state index in [1.165, 1.54) is 0 Å². The quantitative estimate of drug-likeness (QED) is 0.426. The predicted molar refractivity (Wildman–Crippen MR) is 152 cm³/mol. The van der Waals surface area contributed by atoms with Gasteiger partial charge < -0.3 is 34.6 Å². The number of hydrogen-bond acceptors (Lipinski definition) is 7. The fourth-order valence-corrected chi connectivity index (χ4v) is 6.01. The van der Waals surface area contributed by atoms with Crippen LogP contribution in [0.1, 0.15) is 52.4 Å². The molecule has 220 valence electrons. The molecule has 1 saturated carbocycles. The molecule has 4 aliphatic rings. The molecule has 0 unspecified atom stereocenters. The summed E-state index contributed by atoms with van der Waals surface area (Å²) in [5, 5.41) is 6.47. The normalized spacial score (nSPS) is 24.7. The Morgan fingerprint density at radius 3 is 2.62 bits per heavy atom. The lowest BCUT2D eigenvalue weighted by Gasteiger charge is -2.39. The lowest BCUT2D eigenvalue weighted by Crippen LogP contribution is -2.53. The molecular formula is C30H44N4O6. The summed E-state index contributed by atoms with van der Waals surface area (Å²) >= 11 is 0. The highest BCUT2D eigenvalue weighted by atomic mass is 16.5. The van der Waals surface area contributed by atoms with E-state index in [4.69, 9.17) is 14.2 Å². The summed E-state index contributed by atoms with van der Waals surface area (Å²) in [6.07, 6.45) is 5.05.